The Hall–Kier alpha value is -2.11. The van der Waals surface area contributed by atoms with E-state index in [0.717, 1.165) is 0 Å². The van der Waals surface area contributed by atoms with E-state index < -0.39 is 35.2 Å². The Morgan fingerprint density at radius 1 is 1.14 bits per heavy atom. The maximum absolute atomic E-state index is 12.5. The zero-order chi connectivity index (χ0) is 16.8. The largest absolute Gasteiger partial charge is 0.469 e. The Bertz CT molecular complexity index is 461. The van der Waals surface area contributed by atoms with Gasteiger partial charge in [-0.2, -0.15) is 0 Å². The van der Waals surface area contributed by atoms with Gasteiger partial charge < -0.3 is 14.2 Å². The van der Waals surface area contributed by atoms with Crippen LogP contribution in [0.2, 0.25) is 0 Å². The lowest BCUT2D eigenvalue weighted by atomic mass is 9.62. The minimum atomic E-state index is -1.61. The molecule has 0 fully saturated rings. The fourth-order valence-corrected chi connectivity index (χ4v) is 2.57. The lowest BCUT2D eigenvalue weighted by Crippen LogP contribution is -2.52. The average Bonchev–Trinajstić information content (AvgIpc) is 2.45. The molecule has 0 heterocycles. The smallest absolute Gasteiger partial charge is 0.324 e. The van der Waals surface area contributed by atoms with E-state index in [9.17, 15) is 14.4 Å². The number of hydrogen-bond donors (Lipinski definition) is 0. The molecule has 0 radical (unpaired) electrons. The van der Waals surface area contributed by atoms with E-state index in [1.807, 2.05) is 0 Å². The third-order valence-corrected chi connectivity index (χ3v) is 3.70. The van der Waals surface area contributed by atoms with E-state index in [1.165, 1.54) is 13.2 Å². The van der Waals surface area contributed by atoms with Crippen LogP contribution in [-0.4, -0.2) is 38.2 Å². The number of carbonyl (C=O) groups is 3. The molecule has 1 rings (SSSR count). The minimum Gasteiger partial charge on any atom is -0.469 e. The van der Waals surface area contributed by atoms with Gasteiger partial charge in [-0.3, -0.25) is 14.4 Å². The second kappa shape index (κ2) is 7.77. The number of carbonyl (C=O) groups excluding carboxylic acids is 3. The predicted molar refractivity (Wildman–Crippen MR) is 78.6 cm³/mol. The molecule has 0 unspecified atom stereocenters. The molecule has 122 valence electrons. The zero-order valence-electron chi connectivity index (χ0n) is 13.2. The molecule has 6 heteroatoms. The van der Waals surface area contributed by atoms with Crippen LogP contribution < -0.4 is 0 Å². The van der Waals surface area contributed by atoms with Crippen LogP contribution in [0.3, 0.4) is 0 Å². The molecule has 0 aromatic heterocycles. The van der Waals surface area contributed by atoms with Gasteiger partial charge in [0, 0.05) is 5.92 Å². The first-order valence-electron chi connectivity index (χ1n) is 7.21. The maximum Gasteiger partial charge on any atom is 0.324 e. The van der Waals surface area contributed by atoms with E-state index in [4.69, 9.17) is 14.2 Å². The Kier molecular flexibility index (Phi) is 6.34. The van der Waals surface area contributed by atoms with Gasteiger partial charge >= 0.3 is 17.9 Å². The molecule has 1 aliphatic rings. The standard InChI is InChI=1S/C16H22O6/c1-5-10-16(14(18)21-6-2,15(19)22-7-3)12-9-8-11(12)13(17)20-4/h5,8-9,11-12H,1,6-7,10H2,2-4H3/t11-,12+/m0/s1. The summed E-state index contributed by atoms with van der Waals surface area (Å²) in [5.74, 6) is -3.28. The summed E-state index contributed by atoms with van der Waals surface area (Å²) in [5, 5.41) is 0. The molecule has 6 nitrogen and oxygen atoms in total. The Balaban J connectivity index is 3.27. The van der Waals surface area contributed by atoms with Crippen molar-refractivity contribution in [1.29, 1.82) is 0 Å². The van der Waals surface area contributed by atoms with Crippen molar-refractivity contribution in [1.82, 2.24) is 0 Å². The summed E-state index contributed by atoms with van der Waals surface area (Å²) in [6.45, 7) is 7.15. The highest BCUT2D eigenvalue weighted by atomic mass is 16.6. The van der Waals surface area contributed by atoms with Crippen molar-refractivity contribution in [3.8, 4) is 0 Å². The van der Waals surface area contributed by atoms with Crippen molar-refractivity contribution >= 4 is 17.9 Å². The van der Waals surface area contributed by atoms with Crippen LogP contribution >= 0.6 is 0 Å². The van der Waals surface area contributed by atoms with Crippen LogP contribution in [0, 0.1) is 17.3 Å². The molecule has 2 atom stereocenters. The van der Waals surface area contributed by atoms with Crippen LogP contribution in [0.15, 0.2) is 24.8 Å². The van der Waals surface area contributed by atoms with Crippen LogP contribution in [0.4, 0.5) is 0 Å². The van der Waals surface area contributed by atoms with Gasteiger partial charge in [-0.05, 0) is 20.3 Å². The third kappa shape index (κ3) is 3.05. The highest BCUT2D eigenvalue weighted by molar-refractivity contribution is 6.02. The van der Waals surface area contributed by atoms with Gasteiger partial charge in [-0.1, -0.05) is 18.2 Å². The summed E-state index contributed by atoms with van der Waals surface area (Å²) in [7, 11) is 1.26. The minimum absolute atomic E-state index is 0.0210. The second-order valence-electron chi connectivity index (χ2n) is 4.86. The molecule has 0 N–H and O–H groups in total. The Morgan fingerprint density at radius 3 is 2.00 bits per heavy atom. The van der Waals surface area contributed by atoms with Gasteiger partial charge in [-0.15, -0.1) is 6.58 Å². The lowest BCUT2D eigenvalue weighted by Gasteiger charge is -2.40. The van der Waals surface area contributed by atoms with Crippen molar-refractivity contribution in [3.05, 3.63) is 24.8 Å². The van der Waals surface area contributed by atoms with E-state index in [1.54, 1.807) is 26.0 Å². The SMILES string of the molecule is C=CCC(C(=O)OCC)(C(=O)OCC)[C@@H]1C=C[C@@H]1C(=O)OC. The Morgan fingerprint density at radius 2 is 1.68 bits per heavy atom. The fourth-order valence-electron chi connectivity index (χ4n) is 2.57. The topological polar surface area (TPSA) is 78.9 Å². The number of hydrogen-bond acceptors (Lipinski definition) is 6. The molecule has 0 spiro atoms. The number of ether oxygens (including phenoxy) is 3. The molecular formula is C16H22O6. The summed E-state index contributed by atoms with van der Waals surface area (Å²) >= 11 is 0. The monoisotopic (exact) mass is 310 g/mol. The first-order chi connectivity index (χ1) is 10.5. The van der Waals surface area contributed by atoms with Crippen LogP contribution in [-0.2, 0) is 28.6 Å². The van der Waals surface area contributed by atoms with Crippen molar-refractivity contribution in [2.75, 3.05) is 20.3 Å². The summed E-state index contributed by atoms with van der Waals surface area (Å²) < 4.78 is 14.9. The highest BCUT2D eigenvalue weighted by Crippen LogP contribution is 2.46. The zero-order valence-corrected chi connectivity index (χ0v) is 13.2. The van der Waals surface area contributed by atoms with Crippen LogP contribution in [0.25, 0.3) is 0 Å². The van der Waals surface area contributed by atoms with Crippen LogP contribution in [0.5, 0.6) is 0 Å². The normalized spacial score (nSPS) is 19.8. The maximum atomic E-state index is 12.5. The fraction of sp³-hybridized carbons (Fsp3) is 0.562. The summed E-state index contributed by atoms with van der Waals surface area (Å²) in [6.07, 6.45) is 4.72. The summed E-state index contributed by atoms with van der Waals surface area (Å²) in [5.41, 5.74) is -1.61. The van der Waals surface area contributed by atoms with E-state index >= 15 is 0 Å². The molecule has 0 aliphatic heterocycles. The van der Waals surface area contributed by atoms with Gasteiger partial charge in [-0.25, -0.2) is 0 Å². The molecule has 0 saturated carbocycles. The average molecular weight is 310 g/mol. The van der Waals surface area contributed by atoms with E-state index in [-0.39, 0.29) is 19.6 Å². The van der Waals surface area contributed by atoms with Gasteiger partial charge in [0.2, 0.25) is 0 Å². The quantitative estimate of drug-likeness (QED) is 0.293. The van der Waals surface area contributed by atoms with Crippen molar-refractivity contribution in [3.63, 3.8) is 0 Å². The first kappa shape index (κ1) is 17.9. The molecule has 0 amide bonds. The Labute approximate surface area is 130 Å². The van der Waals surface area contributed by atoms with Crippen LogP contribution in [0.1, 0.15) is 20.3 Å². The molecular weight excluding hydrogens is 288 g/mol. The number of allylic oxidation sites excluding steroid dienone is 2. The molecule has 0 aromatic carbocycles. The molecule has 0 aromatic rings. The van der Waals surface area contributed by atoms with Crippen molar-refractivity contribution in [2.45, 2.75) is 20.3 Å². The van der Waals surface area contributed by atoms with E-state index in [2.05, 4.69) is 6.58 Å². The predicted octanol–water partition coefficient (Wildman–Crippen LogP) is 1.65. The van der Waals surface area contributed by atoms with Gasteiger partial charge in [0.15, 0.2) is 5.41 Å². The number of esters is 3. The number of methoxy groups -OCH3 is 1. The molecule has 1 aliphatic carbocycles. The molecule has 0 saturated heterocycles. The second-order valence-corrected chi connectivity index (χ2v) is 4.86. The third-order valence-electron chi connectivity index (χ3n) is 3.70. The molecule has 0 bridgehead atoms. The van der Waals surface area contributed by atoms with Gasteiger partial charge in [0.05, 0.1) is 26.2 Å². The summed E-state index contributed by atoms with van der Waals surface area (Å²) in [6, 6.07) is 0. The lowest BCUT2D eigenvalue weighted by molar-refractivity contribution is -0.178. The summed E-state index contributed by atoms with van der Waals surface area (Å²) in [4.78, 5) is 36.8. The van der Waals surface area contributed by atoms with Gasteiger partial charge in [0.1, 0.15) is 0 Å². The van der Waals surface area contributed by atoms with Gasteiger partial charge in [0.25, 0.3) is 0 Å². The number of rotatable bonds is 8. The van der Waals surface area contributed by atoms with Crippen molar-refractivity contribution < 1.29 is 28.6 Å². The van der Waals surface area contributed by atoms with E-state index in [0.29, 0.717) is 0 Å². The van der Waals surface area contributed by atoms with Crippen molar-refractivity contribution in [2.24, 2.45) is 17.3 Å². The molecule has 22 heavy (non-hydrogen) atoms. The highest BCUT2D eigenvalue weighted by Gasteiger charge is 2.58. The first-order valence-corrected chi connectivity index (χ1v) is 7.21.